The molecular weight excluding hydrogens is 256 g/mol. The first kappa shape index (κ1) is 14.1. The Morgan fingerprint density at radius 3 is 2.83 bits per heavy atom. The van der Waals surface area contributed by atoms with Crippen LogP contribution in [0.5, 0.6) is 5.75 Å². The number of rotatable bonds is 6. The van der Waals surface area contributed by atoms with Crippen LogP contribution in [0.4, 0.5) is 5.69 Å². The van der Waals surface area contributed by atoms with Gasteiger partial charge in [0.15, 0.2) is 0 Å². The Hall–Kier alpha value is -1.93. The molecule has 0 atom stereocenters. The third-order valence-corrected chi connectivity index (χ3v) is 2.65. The van der Waals surface area contributed by atoms with Crippen molar-refractivity contribution >= 4 is 23.3 Å². The molecule has 18 heavy (non-hydrogen) atoms. The molecule has 0 saturated carbocycles. The van der Waals surface area contributed by atoms with Crippen LogP contribution in [0.15, 0.2) is 18.2 Å². The monoisotopic (exact) mass is 268 g/mol. The zero-order valence-electron chi connectivity index (χ0n) is 9.89. The summed E-state index contributed by atoms with van der Waals surface area (Å²) in [5.74, 6) is -0.367. The lowest BCUT2D eigenvalue weighted by atomic mass is 10.2. The molecule has 0 amide bonds. The fourth-order valence-corrected chi connectivity index (χ4v) is 1.72. The molecule has 0 aromatic heterocycles. The van der Waals surface area contributed by atoms with Crippen molar-refractivity contribution in [2.24, 2.45) is 0 Å². The van der Waals surface area contributed by atoms with E-state index in [1.54, 1.807) is 23.1 Å². The van der Waals surface area contributed by atoms with Crippen LogP contribution in [0, 0.1) is 11.3 Å². The normalized spacial score (nSPS) is 9.61. The number of hydrogen-bond donors (Lipinski definition) is 1. The molecule has 1 aromatic carbocycles. The van der Waals surface area contributed by atoms with Gasteiger partial charge in [0.2, 0.25) is 0 Å². The molecule has 0 aliphatic heterocycles. The molecule has 0 fully saturated rings. The Kier molecular flexibility index (Phi) is 5.28. The van der Waals surface area contributed by atoms with Gasteiger partial charge in [-0.2, -0.15) is 5.26 Å². The van der Waals surface area contributed by atoms with E-state index in [4.69, 9.17) is 26.7 Å². The molecule has 0 saturated heterocycles. The number of nitrogens with zero attached hydrogens (tertiary/aromatic N) is 2. The van der Waals surface area contributed by atoms with Crippen molar-refractivity contribution in [2.45, 2.75) is 6.42 Å². The molecule has 0 aliphatic rings. The zero-order chi connectivity index (χ0) is 13.5. The number of halogens is 1. The van der Waals surface area contributed by atoms with Gasteiger partial charge in [-0.25, -0.2) is 0 Å². The lowest BCUT2D eigenvalue weighted by molar-refractivity contribution is -0.136. The van der Waals surface area contributed by atoms with E-state index in [1.807, 2.05) is 6.07 Å². The highest BCUT2D eigenvalue weighted by Crippen LogP contribution is 2.29. The lowest BCUT2D eigenvalue weighted by Crippen LogP contribution is -2.26. The molecular formula is C12H13ClN2O3. The minimum atomic E-state index is -0.905. The van der Waals surface area contributed by atoms with E-state index >= 15 is 0 Å². The second-order valence-electron chi connectivity index (χ2n) is 3.54. The number of nitriles is 1. The summed E-state index contributed by atoms with van der Waals surface area (Å²) in [7, 11) is 1.51. The van der Waals surface area contributed by atoms with Crippen molar-refractivity contribution in [1.29, 1.82) is 5.26 Å². The number of carbonyl (C=O) groups is 1. The smallest absolute Gasteiger partial charge is 0.305 e. The maximum atomic E-state index is 10.6. The van der Waals surface area contributed by atoms with Gasteiger partial charge in [0.1, 0.15) is 12.3 Å². The van der Waals surface area contributed by atoms with Crippen molar-refractivity contribution < 1.29 is 14.6 Å². The zero-order valence-corrected chi connectivity index (χ0v) is 10.6. The number of methoxy groups -OCH3 is 1. The Morgan fingerprint density at radius 2 is 2.33 bits per heavy atom. The second-order valence-corrected chi connectivity index (χ2v) is 3.95. The standard InChI is InChI=1S/C12H13ClN2O3/c1-18-11-3-2-9(8-10(11)13)15(7-5-14)6-4-12(16)17/h2-3,8H,4,6-7H2,1H3,(H,16,17). The van der Waals surface area contributed by atoms with E-state index in [2.05, 4.69) is 0 Å². The first-order chi connectivity index (χ1) is 8.58. The van der Waals surface area contributed by atoms with Gasteiger partial charge in [-0.15, -0.1) is 0 Å². The second kappa shape index (κ2) is 6.72. The fraction of sp³-hybridized carbons (Fsp3) is 0.333. The first-order valence-corrected chi connectivity index (χ1v) is 5.63. The predicted molar refractivity (Wildman–Crippen MR) is 68.1 cm³/mol. The van der Waals surface area contributed by atoms with Gasteiger partial charge in [-0.1, -0.05) is 11.6 Å². The lowest BCUT2D eigenvalue weighted by Gasteiger charge is -2.21. The molecule has 1 aromatic rings. The first-order valence-electron chi connectivity index (χ1n) is 5.25. The summed E-state index contributed by atoms with van der Waals surface area (Å²) in [4.78, 5) is 12.2. The van der Waals surface area contributed by atoms with Crippen LogP contribution < -0.4 is 9.64 Å². The van der Waals surface area contributed by atoms with Gasteiger partial charge in [0, 0.05) is 12.2 Å². The Labute approximate surface area is 110 Å². The molecule has 1 N–H and O–H groups in total. The highest BCUT2D eigenvalue weighted by atomic mass is 35.5. The summed E-state index contributed by atoms with van der Waals surface area (Å²) in [5, 5.41) is 17.8. The Balaban J connectivity index is 2.88. The van der Waals surface area contributed by atoms with Crippen molar-refractivity contribution in [3.63, 3.8) is 0 Å². The molecule has 0 aliphatic carbocycles. The number of aliphatic carboxylic acids is 1. The van der Waals surface area contributed by atoms with Crippen molar-refractivity contribution in [3.8, 4) is 11.8 Å². The average Bonchev–Trinajstić information content (AvgIpc) is 2.34. The number of carboxylic acids is 1. The summed E-state index contributed by atoms with van der Waals surface area (Å²) in [6.45, 7) is 0.363. The van der Waals surface area contributed by atoms with E-state index in [0.29, 0.717) is 16.5 Å². The van der Waals surface area contributed by atoms with Crippen LogP contribution >= 0.6 is 11.6 Å². The number of anilines is 1. The minimum absolute atomic E-state index is 0.0364. The molecule has 0 heterocycles. The van der Waals surface area contributed by atoms with Crippen LogP contribution in [-0.2, 0) is 4.79 Å². The Morgan fingerprint density at radius 1 is 1.61 bits per heavy atom. The topological polar surface area (TPSA) is 73.6 Å². The third-order valence-electron chi connectivity index (χ3n) is 2.36. The van der Waals surface area contributed by atoms with Crippen LogP contribution in [0.3, 0.4) is 0 Å². The average molecular weight is 269 g/mol. The van der Waals surface area contributed by atoms with Crippen molar-refractivity contribution in [2.75, 3.05) is 25.1 Å². The molecule has 0 spiro atoms. The van der Waals surface area contributed by atoms with Gasteiger partial charge in [0.25, 0.3) is 0 Å². The largest absolute Gasteiger partial charge is 0.495 e. The van der Waals surface area contributed by atoms with Crippen LogP contribution in [-0.4, -0.2) is 31.3 Å². The van der Waals surface area contributed by atoms with Gasteiger partial charge >= 0.3 is 5.97 Å². The summed E-state index contributed by atoms with van der Waals surface area (Å²) < 4.78 is 5.03. The summed E-state index contributed by atoms with van der Waals surface area (Å²) in [6.07, 6.45) is -0.0364. The summed E-state index contributed by atoms with van der Waals surface area (Å²) in [5.41, 5.74) is 0.698. The fourth-order valence-electron chi connectivity index (χ4n) is 1.47. The molecule has 96 valence electrons. The highest BCUT2D eigenvalue weighted by molar-refractivity contribution is 6.32. The van der Waals surface area contributed by atoms with Crippen LogP contribution in [0.2, 0.25) is 5.02 Å². The molecule has 0 unspecified atom stereocenters. The van der Waals surface area contributed by atoms with Crippen molar-refractivity contribution in [3.05, 3.63) is 23.2 Å². The quantitative estimate of drug-likeness (QED) is 0.800. The van der Waals surface area contributed by atoms with Gasteiger partial charge in [-0.3, -0.25) is 4.79 Å². The van der Waals surface area contributed by atoms with Crippen LogP contribution in [0.25, 0.3) is 0 Å². The number of hydrogen-bond acceptors (Lipinski definition) is 4. The van der Waals surface area contributed by atoms with E-state index in [1.165, 1.54) is 7.11 Å². The van der Waals surface area contributed by atoms with Crippen molar-refractivity contribution in [1.82, 2.24) is 0 Å². The van der Waals surface area contributed by atoms with E-state index in [-0.39, 0.29) is 19.5 Å². The molecule has 0 bridgehead atoms. The predicted octanol–water partition coefficient (Wildman–Crippen LogP) is 2.15. The maximum absolute atomic E-state index is 10.6. The number of ether oxygens (including phenoxy) is 1. The van der Waals surface area contributed by atoms with Crippen LogP contribution in [0.1, 0.15) is 6.42 Å². The number of carboxylic acid groups (broad SMARTS) is 1. The highest BCUT2D eigenvalue weighted by Gasteiger charge is 2.10. The maximum Gasteiger partial charge on any atom is 0.305 e. The van der Waals surface area contributed by atoms with Gasteiger partial charge in [-0.05, 0) is 18.2 Å². The Bertz CT molecular complexity index is 471. The van der Waals surface area contributed by atoms with Gasteiger partial charge in [0.05, 0.1) is 24.6 Å². The number of benzene rings is 1. The van der Waals surface area contributed by atoms with Gasteiger partial charge < -0.3 is 14.7 Å². The molecule has 1 rings (SSSR count). The van der Waals surface area contributed by atoms with E-state index < -0.39 is 5.97 Å². The molecule has 5 nitrogen and oxygen atoms in total. The molecule has 6 heteroatoms. The third kappa shape index (κ3) is 3.82. The summed E-state index contributed by atoms with van der Waals surface area (Å²) >= 11 is 5.99. The summed E-state index contributed by atoms with van der Waals surface area (Å²) in [6, 6.07) is 7.07. The molecule has 0 radical (unpaired) electrons. The minimum Gasteiger partial charge on any atom is -0.495 e. The van der Waals surface area contributed by atoms with E-state index in [0.717, 1.165) is 0 Å². The SMILES string of the molecule is COc1ccc(N(CC#N)CCC(=O)O)cc1Cl. The van der Waals surface area contributed by atoms with E-state index in [9.17, 15) is 4.79 Å².